The molecule has 0 atom stereocenters. The number of piperidine rings is 1. The SMILES string of the molecule is O=C(NC1CCNCC1)c1cc2ccccc2c(=O)[nH]1. The van der Waals surface area contributed by atoms with Gasteiger partial charge in [0.15, 0.2) is 0 Å². The van der Waals surface area contributed by atoms with Crippen molar-refractivity contribution in [2.24, 2.45) is 0 Å². The Morgan fingerprint density at radius 2 is 1.95 bits per heavy atom. The van der Waals surface area contributed by atoms with Crippen molar-refractivity contribution in [2.45, 2.75) is 18.9 Å². The summed E-state index contributed by atoms with van der Waals surface area (Å²) in [4.78, 5) is 26.8. The lowest BCUT2D eigenvalue weighted by atomic mass is 10.1. The van der Waals surface area contributed by atoms with Gasteiger partial charge in [0.05, 0.1) is 0 Å². The Kier molecular flexibility index (Phi) is 3.52. The van der Waals surface area contributed by atoms with Crippen LogP contribution in [0, 0.1) is 0 Å². The summed E-state index contributed by atoms with van der Waals surface area (Å²) in [6.07, 6.45) is 1.84. The van der Waals surface area contributed by atoms with E-state index in [-0.39, 0.29) is 17.5 Å². The van der Waals surface area contributed by atoms with Crippen molar-refractivity contribution in [1.82, 2.24) is 15.6 Å². The molecule has 1 aliphatic rings. The molecule has 1 aliphatic heterocycles. The van der Waals surface area contributed by atoms with Crippen LogP contribution in [0.5, 0.6) is 0 Å². The van der Waals surface area contributed by atoms with Gasteiger partial charge in [-0.05, 0) is 43.5 Å². The Morgan fingerprint density at radius 1 is 1.20 bits per heavy atom. The van der Waals surface area contributed by atoms with Crippen molar-refractivity contribution in [3.8, 4) is 0 Å². The molecule has 0 aliphatic carbocycles. The van der Waals surface area contributed by atoms with Crippen LogP contribution in [0.2, 0.25) is 0 Å². The molecular weight excluding hydrogens is 254 g/mol. The number of amides is 1. The van der Waals surface area contributed by atoms with Crippen LogP contribution in [-0.2, 0) is 0 Å². The summed E-state index contributed by atoms with van der Waals surface area (Å²) in [7, 11) is 0. The molecule has 0 unspecified atom stereocenters. The van der Waals surface area contributed by atoms with Crippen LogP contribution >= 0.6 is 0 Å². The molecule has 0 radical (unpaired) electrons. The molecule has 3 N–H and O–H groups in total. The van der Waals surface area contributed by atoms with Gasteiger partial charge in [0, 0.05) is 11.4 Å². The van der Waals surface area contributed by atoms with Crippen LogP contribution in [0.3, 0.4) is 0 Å². The van der Waals surface area contributed by atoms with Gasteiger partial charge in [-0.25, -0.2) is 0 Å². The standard InChI is InChI=1S/C15H17N3O2/c19-14-12-4-2-1-3-10(12)9-13(18-14)15(20)17-11-5-7-16-8-6-11/h1-4,9,11,16H,5-8H2,(H,17,20)(H,18,19). The minimum absolute atomic E-state index is 0.179. The Hall–Kier alpha value is -2.14. The van der Waals surface area contributed by atoms with Crippen molar-refractivity contribution >= 4 is 16.7 Å². The van der Waals surface area contributed by atoms with Gasteiger partial charge >= 0.3 is 0 Å². The molecule has 1 aromatic heterocycles. The van der Waals surface area contributed by atoms with Crippen LogP contribution in [0.1, 0.15) is 23.3 Å². The van der Waals surface area contributed by atoms with Crippen LogP contribution in [0.4, 0.5) is 0 Å². The number of aromatic amines is 1. The number of hydrogen-bond acceptors (Lipinski definition) is 3. The van der Waals surface area contributed by atoms with Gasteiger partial charge in [0.1, 0.15) is 5.69 Å². The fourth-order valence-electron chi connectivity index (χ4n) is 2.56. The zero-order valence-electron chi connectivity index (χ0n) is 11.1. The smallest absolute Gasteiger partial charge is 0.268 e. The zero-order chi connectivity index (χ0) is 13.9. The van der Waals surface area contributed by atoms with Gasteiger partial charge in [0.25, 0.3) is 11.5 Å². The largest absolute Gasteiger partial charge is 0.348 e. The van der Waals surface area contributed by atoms with Crippen LogP contribution in [-0.4, -0.2) is 30.0 Å². The zero-order valence-corrected chi connectivity index (χ0v) is 11.1. The quantitative estimate of drug-likeness (QED) is 0.763. The van der Waals surface area contributed by atoms with Gasteiger partial charge in [-0.3, -0.25) is 9.59 Å². The van der Waals surface area contributed by atoms with E-state index < -0.39 is 0 Å². The fourth-order valence-corrected chi connectivity index (χ4v) is 2.56. The fraction of sp³-hybridized carbons (Fsp3) is 0.333. The lowest BCUT2D eigenvalue weighted by molar-refractivity contribution is 0.0924. The average molecular weight is 271 g/mol. The monoisotopic (exact) mass is 271 g/mol. The summed E-state index contributed by atoms with van der Waals surface area (Å²) in [6.45, 7) is 1.83. The molecule has 0 bridgehead atoms. The number of pyridine rings is 1. The average Bonchev–Trinajstić information content (AvgIpc) is 2.48. The van der Waals surface area contributed by atoms with E-state index in [9.17, 15) is 9.59 Å². The molecule has 5 heteroatoms. The number of aromatic nitrogens is 1. The molecule has 20 heavy (non-hydrogen) atoms. The predicted octanol–water partition coefficient (Wildman–Crippen LogP) is 1.01. The summed E-state index contributed by atoms with van der Waals surface area (Å²) in [5.41, 5.74) is 0.103. The van der Waals surface area contributed by atoms with Crippen molar-refractivity contribution in [2.75, 3.05) is 13.1 Å². The summed E-state index contributed by atoms with van der Waals surface area (Å²) in [6, 6.07) is 9.17. The molecule has 0 saturated carbocycles. The summed E-state index contributed by atoms with van der Waals surface area (Å²) >= 11 is 0. The summed E-state index contributed by atoms with van der Waals surface area (Å²) in [5, 5.41) is 7.62. The normalized spacial score (nSPS) is 16.2. The van der Waals surface area contributed by atoms with E-state index in [0.717, 1.165) is 31.3 Å². The minimum atomic E-state index is -0.224. The highest BCUT2D eigenvalue weighted by Crippen LogP contribution is 2.10. The lowest BCUT2D eigenvalue weighted by Gasteiger charge is -2.23. The lowest BCUT2D eigenvalue weighted by Crippen LogP contribution is -2.43. The second-order valence-corrected chi connectivity index (χ2v) is 5.10. The summed E-state index contributed by atoms with van der Waals surface area (Å²) < 4.78 is 0. The molecule has 1 aromatic carbocycles. The van der Waals surface area contributed by atoms with Gasteiger partial charge in [-0.1, -0.05) is 18.2 Å². The number of rotatable bonds is 2. The maximum Gasteiger partial charge on any atom is 0.268 e. The maximum atomic E-state index is 12.2. The molecular formula is C15H17N3O2. The second-order valence-electron chi connectivity index (χ2n) is 5.10. The van der Waals surface area contributed by atoms with Crippen molar-refractivity contribution < 1.29 is 4.79 Å². The van der Waals surface area contributed by atoms with Gasteiger partial charge in [0.2, 0.25) is 0 Å². The molecule has 104 valence electrons. The van der Waals surface area contributed by atoms with Gasteiger partial charge in [-0.15, -0.1) is 0 Å². The highest BCUT2D eigenvalue weighted by Gasteiger charge is 2.17. The van der Waals surface area contributed by atoms with Crippen molar-refractivity contribution in [1.29, 1.82) is 0 Å². The highest BCUT2D eigenvalue weighted by atomic mass is 16.2. The number of benzene rings is 1. The Morgan fingerprint density at radius 3 is 2.75 bits per heavy atom. The second kappa shape index (κ2) is 5.46. The minimum Gasteiger partial charge on any atom is -0.348 e. The molecule has 2 heterocycles. The Balaban J connectivity index is 1.86. The van der Waals surface area contributed by atoms with Crippen LogP contribution in [0.25, 0.3) is 10.8 Å². The number of nitrogens with one attached hydrogen (secondary N) is 3. The van der Waals surface area contributed by atoms with E-state index in [1.54, 1.807) is 12.1 Å². The Labute approximate surface area is 116 Å². The van der Waals surface area contributed by atoms with Crippen LogP contribution < -0.4 is 16.2 Å². The van der Waals surface area contributed by atoms with E-state index in [1.165, 1.54) is 0 Å². The first-order valence-electron chi connectivity index (χ1n) is 6.88. The van der Waals surface area contributed by atoms with E-state index in [0.29, 0.717) is 11.1 Å². The first-order chi connectivity index (χ1) is 9.74. The first kappa shape index (κ1) is 12.9. The first-order valence-corrected chi connectivity index (χ1v) is 6.88. The third-order valence-electron chi connectivity index (χ3n) is 3.67. The molecule has 3 rings (SSSR count). The molecule has 1 fully saturated rings. The predicted molar refractivity (Wildman–Crippen MR) is 77.9 cm³/mol. The van der Waals surface area contributed by atoms with E-state index in [4.69, 9.17) is 0 Å². The summed E-state index contributed by atoms with van der Waals surface area (Å²) in [5.74, 6) is -0.209. The molecule has 1 amide bonds. The van der Waals surface area contributed by atoms with Gasteiger partial charge in [-0.2, -0.15) is 0 Å². The van der Waals surface area contributed by atoms with E-state index in [1.807, 2.05) is 18.2 Å². The van der Waals surface area contributed by atoms with Crippen molar-refractivity contribution in [3.63, 3.8) is 0 Å². The van der Waals surface area contributed by atoms with E-state index in [2.05, 4.69) is 15.6 Å². The molecule has 1 saturated heterocycles. The molecule has 0 spiro atoms. The number of fused-ring (bicyclic) bond motifs is 1. The van der Waals surface area contributed by atoms with Gasteiger partial charge < -0.3 is 15.6 Å². The topological polar surface area (TPSA) is 74.0 Å². The number of carbonyl (C=O) groups is 1. The number of hydrogen-bond donors (Lipinski definition) is 3. The maximum absolute atomic E-state index is 12.2. The number of carbonyl (C=O) groups excluding carboxylic acids is 1. The number of H-pyrrole nitrogens is 1. The van der Waals surface area contributed by atoms with Crippen molar-refractivity contribution in [3.05, 3.63) is 46.4 Å². The Bertz CT molecular complexity index is 687. The molecule has 5 nitrogen and oxygen atoms in total. The third kappa shape index (κ3) is 2.58. The molecule has 2 aromatic rings. The third-order valence-corrected chi connectivity index (χ3v) is 3.67. The highest BCUT2D eigenvalue weighted by molar-refractivity contribution is 5.96. The van der Waals surface area contributed by atoms with Crippen LogP contribution in [0.15, 0.2) is 35.1 Å². The van der Waals surface area contributed by atoms with E-state index >= 15 is 0 Å².